The van der Waals surface area contributed by atoms with Gasteiger partial charge in [-0.1, -0.05) is 6.07 Å². The Hall–Kier alpha value is -2.76. The monoisotopic (exact) mass is 290 g/mol. The molecule has 0 heterocycles. The molecule has 6 heteroatoms. The molecule has 2 rings (SSSR count). The maximum atomic E-state index is 13.3. The fourth-order valence-corrected chi connectivity index (χ4v) is 1.94. The number of anilines is 1. The first-order valence-corrected chi connectivity index (χ1v) is 6.19. The number of carbonyl (C=O) groups excluding carboxylic acids is 1. The van der Waals surface area contributed by atoms with Gasteiger partial charge in [-0.25, -0.2) is 4.39 Å². The molecule has 4 N–H and O–H groups in total. The molecule has 0 radical (unpaired) electrons. The Morgan fingerprint density at radius 1 is 1.33 bits per heavy atom. The van der Waals surface area contributed by atoms with Crippen molar-refractivity contribution in [3.63, 3.8) is 0 Å². The highest BCUT2D eigenvalue weighted by Crippen LogP contribution is 2.29. The maximum Gasteiger partial charge on any atom is 0.244 e. The van der Waals surface area contributed by atoms with Crippen molar-refractivity contribution >= 4 is 11.6 Å². The lowest BCUT2D eigenvalue weighted by molar-refractivity contribution is -0.118. The summed E-state index contributed by atoms with van der Waals surface area (Å²) in [6.45, 7) is 0. The summed E-state index contributed by atoms with van der Waals surface area (Å²) in [5, 5.41) is 12.7. The average molecular weight is 290 g/mol. The Kier molecular flexibility index (Phi) is 4.27. The summed E-state index contributed by atoms with van der Waals surface area (Å²) < 4.78 is 18.4. The molecule has 0 saturated heterocycles. The molecule has 1 unspecified atom stereocenters. The van der Waals surface area contributed by atoms with E-state index in [1.165, 1.54) is 13.2 Å². The summed E-state index contributed by atoms with van der Waals surface area (Å²) >= 11 is 0. The lowest BCUT2D eigenvalue weighted by Crippen LogP contribution is -2.27. The van der Waals surface area contributed by atoms with Crippen LogP contribution < -0.4 is 15.8 Å². The number of benzene rings is 2. The number of nitrogens with one attached hydrogen (secondary N) is 1. The first-order valence-electron chi connectivity index (χ1n) is 6.19. The van der Waals surface area contributed by atoms with Crippen LogP contribution in [0.25, 0.3) is 0 Å². The van der Waals surface area contributed by atoms with Crippen LogP contribution in [0.2, 0.25) is 0 Å². The van der Waals surface area contributed by atoms with Gasteiger partial charge in [0.05, 0.1) is 7.11 Å². The third-order valence-corrected chi connectivity index (χ3v) is 2.97. The van der Waals surface area contributed by atoms with E-state index in [1.54, 1.807) is 24.3 Å². The minimum atomic E-state index is -1.06. The molecule has 0 fully saturated rings. The van der Waals surface area contributed by atoms with Gasteiger partial charge in [0.25, 0.3) is 0 Å². The molecule has 0 aliphatic rings. The van der Waals surface area contributed by atoms with Crippen LogP contribution in [0.4, 0.5) is 10.1 Å². The molecular weight excluding hydrogens is 275 g/mol. The highest BCUT2D eigenvalue weighted by Gasteiger charge is 2.21. The number of amides is 1. The van der Waals surface area contributed by atoms with E-state index in [-0.39, 0.29) is 11.3 Å². The van der Waals surface area contributed by atoms with E-state index in [4.69, 9.17) is 10.5 Å². The van der Waals surface area contributed by atoms with E-state index >= 15 is 0 Å². The zero-order valence-corrected chi connectivity index (χ0v) is 11.3. The van der Waals surface area contributed by atoms with Crippen molar-refractivity contribution in [1.82, 2.24) is 0 Å². The maximum absolute atomic E-state index is 13.3. The number of rotatable bonds is 5. The molecule has 1 atom stereocenters. The van der Waals surface area contributed by atoms with Crippen molar-refractivity contribution in [1.29, 1.82) is 0 Å². The Bertz CT molecular complexity index is 661. The lowest BCUT2D eigenvalue weighted by Gasteiger charge is -2.18. The van der Waals surface area contributed by atoms with Gasteiger partial charge in [-0.3, -0.25) is 4.79 Å². The molecule has 110 valence electrons. The zero-order valence-electron chi connectivity index (χ0n) is 11.3. The molecule has 2 aromatic rings. The molecule has 0 aromatic heterocycles. The summed E-state index contributed by atoms with van der Waals surface area (Å²) in [6.07, 6.45) is 0. The van der Waals surface area contributed by atoms with Crippen LogP contribution in [-0.4, -0.2) is 18.1 Å². The number of phenolic OH excluding ortho intramolecular Hbond substituents is 1. The van der Waals surface area contributed by atoms with Gasteiger partial charge < -0.3 is 20.9 Å². The smallest absolute Gasteiger partial charge is 0.244 e. The van der Waals surface area contributed by atoms with Crippen molar-refractivity contribution in [2.75, 3.05) is 12.4 Å². The number of ether oxygens (including phenoxy) is 1. The van der Waals surface area contributed by atoms with Gasteiger partial charge >= 0.3 is 0 Å². The van der Waals surface area contributed by atoms with Gasteiger partial charge in [0.15, 0.2) is 0 Å². The third kappa shape index (κ3) is 3.42. The van der Waals surface area contributed by atoms with Gasteiger partial charge in [-0.2, -0.15) is 0 Å². The van der Waals surface area contributed by atoms with Crippen LogP contribution in [0.15, 0.2) is 42.5 Å². The number of halogens is 1. The normalized spacial score (nSPS) is 11.7. The third-order valence-electron chi connectivity index (χ3n) is 2.97. The minimum Gasteiger partial charge on any atom is -0.508 e. The van der Waals surface area contributed by atoms with Gasteiger partial charge in [-0.15, -0.1) is 0 Å². The van der Waals surface area contributed by atoms with Crippen LogP contribution in [0.3, 0.4) is 0 Å². The number of aromatic hydroxyl groups is 1. The number of carbonyl (C=O) groups is 1. The topological polar surface area (TPSA) is 84.6 Å². The molecule has 0 saturated carbocycles. The van der Waals surface area contributed by atoms with E-state index in [0.29, 0.717) is 11.4 Å². The fraction of sp³-hybridized carbons (Fsp3) is 0.133. The van der Waals surface area contributed by atoms with Crippen molar-refractivity contribution in [3.05, 3.63) is 53.8 Å². The van der Waals surface area contributed by atoms with Crippen LogP contribution in [0.1, 0.15) is 11.6 Å². The molecule has 0 bridgehead atoms. The van der Waals surface area contributed by atoms with E-state index < -0.39 is 17.8 Å². The second kappa shape index (κ2) is 6.13. The summed E-state index contributed by atoms with van der Waals surface area (Å²) in [6, 6.07) is 9.11. The molecule has 0 spiro atoms. The molecule has 0 aliphatic heterocycles. The predicted molar refractivity (Wildman–Crippen MR) is 76.6 cm³/mol. The van der Waals surface area contributed by atoms with Gasteiger partial charge in [0.2, 0.25) is 5.91 Å². The largest absolute Gasteiger partial charge is 0.508 e. The molecule has 5 nitrogen and oxygen atoms in total. The predicted octanol–water partition coefficient (Wildman–Crippen LogP) is 2.18. The number of primary amides is 1. The Balaban J connectivity index is 2.35. The summed E-state index contributed by atoms with van der Waals surface area (Å²) in [4.78, 5) is 11.6. The Morgan fingerprint density at radius 2 is 2.10 bits per heavy atom. The zero-order chi connectivity index (χ0) is 15.4. The van der Waals surface area contributed by atoms with Crippen LogP contribution in [0, 0.1) is 5.82 Å². The molecule has 21 heavy (non-hydrogen) atoms. The van der Waals surface area contributed by atoms with Crippen molar-refractivity contribution in [3.8, 4) is 11.5 Å². The van der Waals surface area contributed by atoms with Gasteiger partial charge in [0, 0.05) is 17.3 Å². The molecule has 1 amide bonds. The van der Waals surface area contributed by atoms with E-state index in [2.05, 4.69) is 5.32 Å². The number of methoxy groups -OCH3 is 1. The summed E-state index contributed by atoms with van der Waals surface area (Å²) in [7, 11) is 1.52. The van der Waals surface area contributed by atoms with Crippen LogP contribution in [0.5, 0.6) is 11.5 Å². The van der Waals surface area contributed by atoms with Gasteiger partial charge in [0.1, 0.15) is 23.4 Å². The molecule has 2 aromatic carbocycles. The second-order valence-electron chi connectivity index (χ2n) is 4.41. The quantitative estimate of drug-likeness (QED) is 0.788. The SMILES string of the molecule is COc1cccc(NC(C(N)=O)c2cc(F)ccc2O)c1. The van der Waals surface area contributed by atoms with E-state index in [1.807, 2.05) is 0 Å². The number of hydrogen-bond donors (Lipinski definition) is 3. The highest BCUT2D eigenvalue weighted by atomic mass is 19.1. The molecule has 0 aliphatic carbocycles. The first kappa shape index (κ1) is 14.6. The van der Waals surface area contributed by atoms with Crippen LogP contribution >= 0.6 is 0 Å². The van der Waals surface area contributed by atoms with Crippen molar-refractivity contribution in [2.45, 2.75) is 6.04 Å². The van der Waals surface area contributed by atoms with Crippen LogP contribution in [-0.2, 0) is 4.79 Å². The summed E-state index contributed by atoms with van der Waals surface area (Å²) in [5.74, 6) is -0.928. The number of hydrogen-bond acceptors (Lipinski definition) is 4. The number of phenols is 1. The Morgan fingerprint density at radius 3 is 2.76 bits per heavy atom. The minimum absolute atomic E-state index is 0.0744. The van der Waals surface area contributed by atoms with E-state index in [9.17, 15) is 14.3 Å². The van der Waals surface area contributed by atoms with Crippen molar-refractivity contribution in [2.24, 2.45) is 5.73 Å². The average Bonchev–Trinajstić information content (AvgIpc) is 2.47. The standard InChI is InChI=1S/C15H15FN2O3/c1-21-11-4-2-3-10(8-11)18-14(15(17)20)12-7-9(16)5-6-13(12)19/h2-8,14,18-19H,1H3,(H2,17,20). The molecular formula is C15H15FN2O3. The first-order chi connectivity index (χ1) is 10.0. The number of nitrogens with two attached hydrogens (primary N) is 1. The van der Waals surface area contributed by atoms with Gasteiger partial charge in [-0.05, 0) is 30.3 Å². The van der Waals surface area contributed by atoms with Crippen molar-refractivity contribution < 1.29 is 19.0 Å². The van der Waals surface area contributed by atoms with E-state index in [0.717, 1.165) is 12.1 Å². The second-order valence-corrected chi connectivity index (χ2v) is 4.41. The lowest BCUT2D eigenvalue weighted by atomic mass is 10.0. The fourth-order valence-electron chi connectivity index (χ4n) is 1.94. The Labute approximate surface area is 121 Å². The summed E-state index contributed by atoms with van der Waals surface area (Å²) in [5.41, 5.74) is 5.97. The highest BCUT2D eigenvalue weighted by molar-refractivity contribution is 5.85.